The second-order valence-corrected chi connectivity index (χ2v) is 13.2. The van der Waals surface area contributed by atoms with Gasteiger partial charge in [-0.05, 0) is 85.5 Å². The molecule has 5 aliphatic rings. The van der Waals surface area contributed by atoms with Crippen molar-refractivity contribution in [1.29, 1.82) is 0 Å². The van der Waals surface area contributed by atoms with Gasteiger partial charge in [0.25, 0.3) is 0 Å². The van der Waals surface area contributed by atoms with Crippen LogP contribution in [0.5, 0.6) is 0 Å². The third-order valence-corrected chi connectivity index (χ3v) is 11.7. The van der Waals surface area contributed by atoms with Gasteiger partial charge >= 0.3 is 0 Å². The van der Waals surface area contributed by atoms with Crippen LogP contribution in [0.4, 0.5) is 0 Å². The Morgan fingerprint density at radius 2 is 1.78 bits per heavy atom. The molecular weight excluding hydrogens is 396 g/mol. The summed E-state index contributed by atoms with van der Waals surface area (Å²) >= 11 is 0. The first-order valence-electron chi connectivity index (χ1n) is 13.9. The van der Waals surface area contributed by atoms with E-state index in [4.69, 9.17) is 4.74 Å². The third-order valence-electron chi connectivity index (χ3n) is 11.7. The topological polar surface area (TPSA) is 53.0 Å². The molecule has 4 aliphatic carbocycles. The van der Waals surface area contributed by atoms with Gasteiger partial charge in [-0.3, -0.25) is 0 Å². The lowest BCUT2D eigenvalue weighted by molar-refractivity contribution is -0.0516. The van der Waals surface area contributed by atoms with E-state index in [2.05, 4.69) is 41.5 Å². The number of hydrogen-bond donors (Lipinski definition) is 2. The summed E-state index contributed by atoms with van der Waals surface area (Å²) < 4.78 is 6.36. The lowest BCUT2D eigenvalue weighted by atomic mass is 9.48. The first-order valence-corrected chi connectivity index (χ1v) is 13.9. The van der Waals surface area contributed by atoms with Crippen LogP contribution in [-0.4, -0.2) is 34.1 Å². The number of aliphatic hydroxyl groups is 2. The molecule has 0 aromatic carbocycles. The Labute approximate surface area is 196 Å². The largest absolute Gasteiger partial charge is 0.393 e. The molecule has 0 amide bonds. The van der Waals surface area contributed by atoms with Crippen LogP contribution in [0, 0.1) is 40.4 Å². The van der Waals surface area contributed by atoms with Crippen LogP contribution in [-0.2, 0) is 4.74 Å². The van der Waals surface area contributed by atoms with Crippen molar-refractivity contribution in [2.75, 3.05) is 0 Å². The SMILES string of the molecule is CC[C@H](CC[C@@H](C)[C@H]1CCC2=C3C(CC[C@@]21C)[C@@]1(C)CC[C@H](O)C[C@@]12O[C@H]2[C@H]3O)C(C)C. The summed E-state index contributed by atoms with van der Waals surface area (Å²) in [6, 6.07) is 0. The maximum absolute atomic E-state index is 11.5. The smallest absolute Gasteiger partial charge is 0.118 e. The highest BCUT2D eigenvalue weighted by Crippen LogP contribution is 2.72. The summed E-state index contributed by atoms with van der Waals surface area (Å²) in [5.74, 6) is 3.56. The Balaban J connectivity index is 1.41. The van der Waals surface area contributed by atoms with Crippen molar-refractivity contribution < 1.29 is 14.9 Å². The van der Waals surface area contributed by atoms with Crippen molar-refractivity contribution in [3.63, 3.8) is 0 Å². The standard InChI is InChI=1S/C29H48O3/c1-7-19(17(2)3)9-8-18(4)21-10-11-22-24-23(13-14-27(21,22)5)28(6)15-12-20(30)16-29(28)26(32-29)25(24)31/h17-21,23,25-26,30-31H,7-16H2,1-6H3/t18-,19-,20+,21-,23?,25+,26+,27-,28-,29+/m1/s1. The Morgan fingerprint density at radius 3 is 2.47 bits per heavy atom. The fraction of sp³-hybridized carbons (Fsp3) is 0.931. The number of epoxide rings is 1. The van der Waals surface area contributed by atoms with E-state index in [1.807, 2.05) is 0 Å². The van der Waals surface area contributed by atoms with Gasteiger partial charge in [0.05, 0.1) is 6.10 Å². The highest BCUT2D eigenvalue weighted by atomic mass is 16.6. The fourth-order valence-electron chi connectivity index (χ4n) is 9.53. The summed E-state index contributed by atoms with van der Waals surface area (Å²) in [6.07, 6.45) is 10.7. The van der Waals surface area contributed by atoms with E-state index >= 15 is 0 Å². The molecule has 0 bridgehead atoms. The van der Waals surface area contributed by atoms with Gasteiger partial charge in [-0.1, -0.05) is 60.0 Å². The molecule has 10 atom stereocenters. The van der Waals surface area contributed by atoms with Crippen molar-refractivity contribution in [3.8, 4) is 0 Å². The molecule has 3 saturated carbocycles. The minimum atomic E-state index is -0.451. The summed E-state index contributed by atoms with van der Waals surface area (Å²) in [6.45, 7) is 14.6. The monoisotopic (exact) mass is 444 g/mol. The number of allylic oxidation sites excluding steroid dienone is 1. The van der Waals surface area contributed by atoms with Gasteiger partial charge in [0.2, 0.25) is 0 Å². The predicted octanol–water partition coefficient (Wildman–Crippen LogP) is 6.27. The minimum Gasteiger partial charge on any atom is -0.393 e. The molecule has 3 nitrogen and oxygen atoms in total. The van der Waals surface area contributed by atoms with E-state index in [9.17, 15) is 10.2 Å². The predicted molar refractivity (Wildman–Crippen MR) is 129 cm³/mol. The van der Waals surface area contributed by atoms with E-state index < -0.39 is 6.10 Å². The van der Waals surface area contributed by atoms with Crippen LogP contribution in [0.3, 0.4) is 0 Å². The van der Waals surface area contributed by atoms with Crippen molar-refractivity contribution in [2.45, 2.75) is 130 Å². The molecule has 3 heteroatoms. The lowest BCUT2D eigenvalue weighted by Crippen LogP contribution is -2.57. The van der Waals surface area contributed by atoms with Gasteiger partial charge in [-0.25, -0.2) is 0 Å². The maximum atomic E-state index is 11.5. The summed E-state index contributed by atoms with van der Waals surface area (Å²) in [4.78, 5) is 0. The normalized spacial score (nSPS) is 49.2. The molecule has 32 heavy (non-hydrogen) atoms. The molecule has 0 radical (unpaired) electrons. The molecule has 1 unspecified atom stereocenters. The zero-order valence-electron chi connectivity index (χ0n) is 21.5. The average molecular weight is 445 g/mol. The lowest BCUT2D eigenvalue weighted by Gasteiger charge is -2.56. The summed E-state index contributed by atoms with van der Waals surface area (Å²) in [5, 5.41) is 21.9. The van der Waals surface area contributed by atoms with Crippen molar-refractivity contribution in [3.05, 3.63) is 11.1 Å². The van der Waals surface area contributed by atoms with Crippen molar-refractivity contribution >= 4 is 0 Å². The number of aliphatic hydroxyl groups excluding tert-OH is 2. The molecule has 182 valence electrons. The molecule has 5 rings (SSSR count). The Morgan fingerprint density at radius 1 is 1.03 bits per heavy atom. The molecule has 1 aliphatic heterocycles. The van der Waals surface area contributed by atoms with Crippen LogP contribution < -0.4 is 0 Å². The van der Waals surface area contributed by atoms with Gasteiger partial charge < -0.3 is 14.9 Å². The first-order chi connectivity index (χ1) is 15.1. The number of fused-ring (bicyclic) bond motifs is 3. The van der Waals surface area contributed by atoms with Crippen molar-refractivity contribution in [2.24, 2.45) is 40.4 Å². The second kappa shape index (κ2) is 7.82. The average Bonchev–Trinajstić information content (AvgIpc) is 3.36. The minimum absolute atomic E-state index is 0.0785. The zero-order valence-corrected chi connectivity index (χ0v) is 21.5. The summed E-state index contributed by atoms with van der Waals surface area (Å²) in [7, 11) is 0. The first kappa shape index (κ1) is 23.4. The van der Waals surface area contributed by atoms with E-state index in [-0.39, 0.29) is 28.6 Å². The molecule has 0 aromatic heterocycles. The summed E-state index contributed by atoms with van der Waals surface area (Å²) in [5.41, 5.74) is 3.06. The van der Waals surface area contributed by atoms with Gasteiger partial charge in [0.1, 0.15) is 17.8 Å². The van der Waals surface area contributed by atoms with E-state index in [1.54, 1.807) is 5.57 Å². The van der Waals surface area contributed by atoms with E-state index in [1.165, 1.54) is 50.5 Å². The molecule has 1 spiro atoms. The second-order valence-electron chi connectivity index (χ2n) is 13.2. The van der Waals surface area contributed by atoms with E-state index in [0.717, 1.165) is 42.9 Å². The number of rotatable bonds is 6. The quantitative estimate of drug-likeness (QED) is 0.375. The molecular formula is C29H48O3. The molecule has 1 heterocycles. The Hall–Kier alpha value is -0.380. The highest BCUT2D eigenvalue weighted by Gasteiger charge is 2.77. The van der Waals surface area contributed by atoms with Crippen LogP contribution in [0.2, 0.25) is 0 Å². The van der Waals surface area contributed by atoms with Gasteiger partial charge in [-0.15, -0.1) is 0 Å². The molecule has 2 N–H and O–H groups in total. The Kier molecular flexibility index (Phi) is 5.71. The van der Waals surface area contributed by atoms with Gasteiger partial charge in [0, 0.05) is 11.8 Å². The zero-order chi connectivity index (χ0) is 23.1. The Bertz CT molecular complexity index is 772. The van der Waals surface area contributed by atoms with Gasteiger partial charge in [0.15, 0.2) is 0 Å². The van der Waals surface area contributed by atoms with Crippen LogP contribution in [0.25, 0.3) is 0 Å². The maximum Gasteiger partial charge on any atom is 0.118 e. The fourth-order valence-corrected chi connectivity index (χ4v) is 9.53. The number of hydrogen-bond acceptors (Lipinski definition) is 3. The van der Waals surface area contributed by atoms with E-state index in [0.29, 0.717) is 5.92 Å². The molecule has 4 fully saturated rings. The van der Waals surface area contributed by atoms with Crippen LogP contribution in [0.1, 0.15) is 106 Å². The number of ether oxygens (including phenoxy) is 1. The highest BCUT2D eigenvalue weighted by molar-refractivity contribution is 5.43. The molecule has 1 saturated heterocycles. The van der Waals surface area contributed by atoms with Crippen LogP contribution in [0.15, 0.2) is 11.1 Å². The third kappa shape index (κ3) is 3.09. The van der Waals surface area contributed by atoms with Gasteiger partial charge in [-0.2, -0.15) is 0 Å². The molecule has 0 aromatic rings. The van der Waals surface area contributed by atoms with Crippen LogP contribution >= 0.6 is 0 Å². The van der Waals surface area contributed by atoms with Crippen molar-refractivity contribution in [1.82, 2.24) is 0 Å².